The number of carbonyl (C=O) groups excluding carboxylic acids is 2. The zero-order valence-electron chi connectivity index (χ0n) is 18.7. The molecule has 164 valence electrons. The Labute approximate surface area is 173 Å². The van der Waals surface area contributed by atoms with Gasteiger partial charge in [-0.05, 0) is 39.5 Å². The van der Waals surface area contributed by atoms with Gasteiger partial charge in [0.15, 0.2) is 0 Å². The van der Waals surface area contributed by atoms with E-state index in [1.807, 2.05) is 13.8 Å². The third kappa shape index (κ3) is 11.7. The molecule has 0 N–H and O–H groups in total. The molecule has 1 aliphatic carbocycles. The topological polar surface area (TPSA) is 52.6 Å². The predicted octanol–water partition coefficient (Wildman–Crippen LogP) is 6.60. The number of hydrogen-bond acceptors (Lipinski definition) is 4. The van der Waals surface area contributed by atoms with Crippen molar-refractivity contribution in [3.63, 3.8) is 0 Å². The van der Waals surface area contributed by atoms with Crippen molar-refractivity contribution in [3.8, 4) is 0 Å². The summed E-state index contributed by atoms with van der Waals surface area (Å²) in [6, 6.07) is 0. The van der Waals surface area contributed by atoms with Crippen LogP contribution in [0.25, 0.3) is 0 Å². The summed E-state index contributed by atoms with van der Waals surface area (Å²) in [5, 5.41) is 0. The summed E-state index contributed by atoms with van der Waals surface area (Å²) in [4.78, 5) is 24.4. The number of hydrogen-bond donors (Lipinski definition) is 0. The summed E-state index contributed by atoms with van der Waals surface area (Å²) >= 11 is 0. The first-order valence-corrected chi connectivity index (χ1v) is 11.9. The third-order valence-corrected chi connectivity index (χ3v) is 5.68. The van der Waals surface area contributed by atoms with E-state index in [1.165, 1.54) is 57.8 Å². The lowest BCUT2D eigenvalue weighted by Gasteiger charge is -2.27. The average Bonchev–Trinajstić information content (AvgIpc) is 2.68. The van der Waals surface area contributed by atoms with Gasteiger partial charge in [-0.25, -0.2) is 0 Å². The molecule has 4 nitrogen and oxygen atoms in total. The van der Waals surface area contributed by atoms with Crippen LogP contribution in [0.3, 0.4) is 0 Å². The second-order valence-electron chi connectivity index (χ2n) is 8.75. The van der Waals surface area contributed by atoms with Crippen LogP contribution in [0.4, 0.5) is 0 Å². The zero-order valence-corrected chi connectivity index (χ0v) is 18.7. The molecular weight excluding hydrogens is 352 g/mol. The van der Waals surface area contributed by atoms with E-state index in [2.05, 4.69) is 6.92 Å². The molecule has 2 unspecified atom stereocenters. The van der Waals surface area contributed by atoms with Gasteiger partial charge in [0.05, 0.1) is 24.5 Å². The molecular formula is C24H44O4. The summed E-state index contributed by atoms with van der Waals surface area (Å²) in [6.07, 6.45) is 17.2. The van der Waals surface area contributed by atoms with Crippen molar-refractivity contribution in [2.24, 2.45) is 11.8 Å². The molecule has 0 spiro atoms. The number of ether oxygens (including phenoxy) is 2. The van der Waals surface area contributed by atoms with E-state index in [4.69, 9.17) is 9.47 Å². The van der Waals surface area contributed by atoms with Gasteiger partial charge in [0.1, 0.15) is 0 Å². The molecule has 1 aliphatic rings. The molecule has 0 radical (unpaired) electrons. The summed E-state index contributed by atoms with van der Waals surface area (Å²) in [7, 11) is 0. The fourth-order valence-electron chi connectivity index (χ4n) is 4.00. The second kappa shape index (κ2) is 15.8. The molecule has 0 bridgehead atoms. The van der Waals surface area contributed by atoms with E-state index in [9.17, 15) is 9.59 Å². The van der Waals surface area contributed by atoms with Gasteiger partial charge in [0, 0.05) is 0 Å². The minimum absolute atomic E-state index is 0.0964. The van der Waals surface area contributed by atoms with Gasteiger partial charge >= 0.3 is 11.9 Å². The SMILES string of the molecule is CCCCCCCCCCCCCOC(=O)C1CCCC(C(=O)OC(C)C)C1. The highest BCUT2D eigenvalue weighted by Gasteiger charge is 2.33. The molecule has 0 aliphatic heterocycles. The predicted molar refractivity (Wildman–Crippen MR) is 114 cm³/mol. The number of esters is 2. The quantitative estimate of drug-likeness (QED) is 0.231. The molecule has 0 aromatic rings. The van der Waals surface area contributed by atoms with Crippen molar-refractivity contribution >= 4 is 11.9 Å². The zero-order chi connectivity index (χ0) is 20.6. The van der Waals surface area contributed by atoms with Crippen molar-refractivity contribution < 1.29 is 19.1 Å². The number of rotatable bonds is 15. The van der Waals surface area contributed by atoms with Crippen molar-refractivity contribution in [1.82, 2.24) is 0 Å². The van der Waals surface area contributed by atoms with E-state index >= 15 is 0 Å². The first-order chi connectivity index (χ1) is 13.5. The molecule has 4 heteroatoms. The maximum Gasteiger partial charge on any atom is 0.309 e. The molecule has 0 saturated heterocycles. The van der Waals surface area contributed by atoms with Gasteiger partial charge in [-0.2, -0.15) is 0 Å². The van der Waals surface area contributed by atoms with E-state index in [0.717, 1.165) is 32.1 Å². The molecule has 2 atom stereocenters. The van der Waals surface area contributed by atoms with E-state index in [1.54, 1.807) is 0 Å². The van der Waals surface area contributed by atoms with Gasteiger partial charge in [-0.1, -0.05) is 77.6 Å². The van der Waals surface area contributed by atoms with Crippen LogP contribution in [0, 0.1) is 11.8 Å². The third-order valence-electron chi connectivity index (χ3n) is 5.68. The lowest BCUT2D eigenvalue weighted by molar-refractivity contribution is -0.157. The molecule has 0 heterocycles. The Hall–Kier alpha value is -1.06. The van der Waals surface area contributed by atoms with E-state index in [-0.39, 0.29) is 29.9 Å². The van der Waals surface area contributed by atoms with Crippen molar-refractivity contribution in [2.75, 3.05) is 6.61 Å². The monoisotopic (exact) mass is 396 g/mol. The Morgan fingerprint density at radius 3 is 1.82 bits per heavy atom. The van der Waals surface area contributed by atoms with Gasteiger partial charge in [0.2, 0.25) is 0 Å². The molecule has 28 heavy (non-hydrogen) atoms. The lowest BCUT2D eigenvalue weighted by atomic mass is 9.81. The van der Waals surface area contributed by atoms with Crippen LogP contribution >= 0.6 is 0 Å². The second-order valence-corrected chi connectivity index (χ2v) is 8.75. The normalized spacial score (nSPS) is 19.6. The molecule has 0 aromatic carbocycles. The molecule has 1 fully saturated rings. The molecule has 1 saturated carbocycles. The highest BCUT2D eigenvalue weighted by atomic mass is 16.5. The Kier molecular flexibility index (Phi) is 14.1. The Balaban J connectivity index is 2.02. The van der Waals surface area contributed by atoms with Crippen molar-refractivity contribution in [2.45, 2.75) is 123 Å². The van der Waals surface area contributed by atoms with Crippen LogP contribution in [0.1, 0.15) is 117 Å². The van der Waals surface area contributed by atoms with E-state index < -0.39 is 0 Å². The highest BCUT2D eigenvalue weighted by molar-refractivity contribution is 5.76. The molecule has 0 aromatic heterocycles. The average molecular weight is 397 g/mol. The summed E-state index contributed by atoms with van der Waals surface area (Å²) in [5.41, 5.74) is 0. The number of unbranched alkanes of at least 4 members (excludes halogenated alkanes) is 10. The maximum absolute atomic E-state index is 12.3. The number of carbonyl (C=O) groups is 2. The summed E-state index contributed by atoms with van der Waals surface area (Å²) < 4.78 is 10.8. The van der Waals surface area contributed by atoms with Gasteiger partial charge < -0.3 is 9.47 Å². The lowest BCUT2D eigenvalue weighted by Crippen LogP contribution is -2.30. The fraction of sp³-hybridized carbons (Fsp3) is 0.917. The van der Waals surface area contributed by atoms with Crippen LogP contribution in [-0.2, 0) is 19.1 Å². The minimum atomic E-state index is -0.155. The van der Waals surface area contributed by atoms with Crippen LogP contribution in [0.15, 0.2) is 0 Å². The van der Waals surface area contributed by atoms with Crippen molar-refractivity contribution in [1.29, 1.82) is 0 Å². The van der Waals surface area contributed by atoms with Crippen LogP contribution in [0.2, 0.25) is 0 Å². The van der Waals surface area contributed by atoms with Crippen LogP contribution in [-0.4, -0.2) is 24.6 Å². The largest absolute Gasteiger partial charge is 0.465 e. The fourth-order valence-corrected chi connectivity index (χ4v) is 4.00. The standard InChI is InChI=1S/C24H44O4/c1-4-5-6-7-8-9-10-11-12-13-14-18-27-23(25)21-16-15-17-22(19-21)24(26)28-20(2)3/h20-22H,4-19H2,1-3H3. The first kappa shape index (κ1) is 25.0. The van der Waals surface area contributed by atoms with Gasteiger partial charge in [-0.15, -0.1) is 0 Å². The van der Waals surface area contributed by atoms with E-state index in [0.29, 0.717) is 13.0 Å². The molecule has 1 rings (SSSR count). The highest BCUT2D eigenvalue weighted by Crippen LogP contribution is 2.31. The Bertz CT molecular complexity index is 419. The Morgan fingerprint density at radius 2 is 1.29 bits per heavy atom. The Morgan fingerprint density at radius 1 is 0.786 bits per heavy atom. The van der Waals surface area contributed by atoms with Crippen LogP contribution < -0.4 is 0 Å². The van der Waals surface area contributed by atoms with Crippen molar-refractivity contribution in [3.05, 3.63) is 0 Å². The molecule has 0 amide bonds. The summed E-state index contributed by atoms with van der Waals surface area (Å²) in [5.74, 6) is -0.547. The maximum atomic E-state index is 12.3. The minimum Gasteiger partial charge on any atom is -0.465 e. The van der Waals surface area contributed by atoms with Crippen LogP contribution in [0.5, 0.6) is 0 Å². The van der Waals surface area contributed by atoms with Gasteiger partial charge in [-0.3, -0.25) is 9.59 Å². The smallest absolute Gasteiger partial charge is 0.309 e. The van der Waals surface area contributed by atoms with Gasteiger partial charge in [0.25, 0.3) is 0 Å². The first-order valence-electron chi connectivity index (χ1n) is 11.9. The summed E-state index contributed by atoms with van der Waals surface area (Å²) in [6.45, 7) is 6.50.